The van der Waals surface area contributed by atoms with Gasteiger partial charge in [0.05, 0.1) is 5.56 Å². The zero-order chi connectivity index (χ0) is 20.7. The highest BCUT2D eigenvalue weighted by Crippen LogP contribution is 2.47. The molecule has 1 unspecified atom stereocenters. The van der Waals surface area contributed by atoms with E-state index < -0.39 is 5.97 Å². The van der Waals surface area contributed by atoms with Gasteiger partial charge in [0.1, 0.15) is 0 Å². The Hall–Kier alpha value is -2.09. The van der Waals surface area contributed by atoms with Crippen molar-refractivity contribution in [3.05, 3.63) is 69.8 Å². The Bertz CT molecular complexity index is 872. The molecule has 0 radical (unpaired) electrons. The summed E-state index contributed by atoms with van der Waals surface area (Å²) in [7, 11) is 0. The van der Waals surface area contributed by atoms with Crippen LogP contribution in [-0.2, 0) is 17.3 Å². The Morgan fingerprint density at radius 3 is 2.04 bits per heavy atom. The first kappa shape index (κ1) is 20.6. The zero-order valence-corrected chi connectivity index (χ0v) is 18.2. The number of carbonyl (C=O) groups is 1. The second-order valence-electron chi connectivity index (χ2n) is 9.76. The van der Waals surface area contributed by atoms with E-state index in [4.69, 9.17) is 0 Å². The summed E-state index contributed by atoms with van der Waals surface area (Å²) in [5.74, 6) is -0.626. The van der Waals surface area contributed by atoms with Crippen molar-refractivity contribution in [3.63, 3.8) is 0 Å². The van der Waals surface area contributed by atoms with Crippen molar-refractivity contribution in [1.29, 1.82) is 0 Å². The molecule has 2 aromatic rings. The maximum atomic E-state index is 11.2. The summed E-state index contributed by atoms with van der Waals surface area (Å²) in [5.41, 5.74) is 7.79. The van der Waals surface area contributed by atoms with E-state index >= 15 is 0 Å². The van der Waals surface area contributed by atoms with Gasteiger partial charge in [-0.3, -0.25) is 0 Å². The molecule has 0 spiro atoms. The number of carboxylic acid groups (broad SMARTS) is 1. The Morgan fingerprint density at radius 2 is 1.54 bits per heavy atom. The number of benzene rings is 2. The van der Waals surface area contributed by atoms with Crippen LogP contribution in [0.3, 0.4) is 0 Å². The average Bonchev–Trinajstić information content (AvgIpc) is 2.65. The van der Waals surface area contributed by atoms with Crippen molar-refractivity contribution >= 4 is 5.97 Å². The third kappa shape index (κ3) is 3.74. The van der Waals surface area contributed by atoms with E-state index in [2.05, 4.69) is 53.7 Å². The number of aromatic carboxylic acids is 1. The molecular weight excluding hydrogens is 344 g/mol. The van der Waals surface area contributed by atoms with Gasteiger partial charge in [0, 0.05) is 5.92 Å². The van der Waals surface area contributed by atoms with Gasteiger partial charge < -0.3 is 5.11 Å². The van der Waals surface area contributed by atoms with Gasteiger partial charge in [-0.25, -0.2) is 4.79 Å². The molecule has 0 saturated heterocycles. The average molecular weight is 379 g/mol. The van der Waals surface area contributed by atoms with Gasteiger partial charge in [0.25, 0.3) is 0 Å². The van der Waals surface area contributed by atoms with Gasteiger partial charge in [0.2, 0.25) is 0 Å². The molecular formula is C26H34O2. The minimum absolute atomic E-state index is 0.192. The first-order chi connectivity index (χ1) is 13.1. The molecule has 2 nitrogen and oxygen atoms in total. The number of hydrogen-bond donors (Lipinski definition) is 1. The van der Waals surface area contributed by atoms with Crippen molar-refractivity contribution in [2.45, 2.75) is 84.0 Å². The lowest BCUT2D eigenvalue weighted by Gasteiger charge is -2.43. The standard InChI is InChI=1S/C26H34O2/c1-7-8-20-15-22-23(26(5,6)14-13-25(22,3)4)16-21(20)17(2)18-9-11-19(12-10-18)24(27)28/h9-12,15-17H,7-8,13-14H2,1-6H3,(H,27,28). The fourth-order valence-electron chi connectivity index (χ4n) is 4.66. The second kappa shape index (κ2) is 7.39. The fraction of sp³-hybridized carbons (Fsp3) is 0.500. The van der Waals surface area contributed by atoms with E-state index in [1.165, 1.54) is 40.7 Å². The summed E-state index contributed by atoms with van der Waals surface area (Å²) in [4.78, 5) is 11.2. The van der Waals surface area contributed by atoms with E-state index in [9.17, 15) is 9.90 Å². The summed E-state index contributed by atoms with van der Waals surface area (Å²) in [6.07, 6.45) is 4.64. The van der Waals surface area contributed by atoms with E-state index in [0.29, 0.717) is 5.56 Å². The quantitative estimate of drug-likeness (QED) is 0.618. The largest absolute Gasteiger partial charge is 0.478 e. The lowest BCUT2D eigenvalue weighted by molar-refractivity contribution is 0.0697. The number of hydrogen-bond acceptors (Lipinski definition) is 1. The summed E-state index contributed by atoms with van der Waals surface area (Å²) in [6.45, 7) is 14.0. The van der Waals surface area contributed by atoms with Crippen LogP contribution in [0.1, 0.15) is 105 Å². The lowest BCUT2D eigenvalue weighted by atomic mass is 9.62. The first-order valence-corrected chi connectivity index (χ1v) is 10.6. The summed E-state index contributed by atoms with van der Waals surface area (Å²) in [6, 6.07) is 12.3. The summed E-state index contributed by atoms with van der Waals surface area (Å²) < 4.78 is 0. The van der Waals surface area contributed by atoms with Crippen molar-refractivity contribution in [3.8, 4) is 0 Å². The maximum absolute atomic E-state index is 11.2. The summed E-state index contributed by atoms with van der Waals surface area (Å²) >= 11 is 0. The molecule has 1 N–H and O–H groups in total. The molecule has 0 amide bonds. The number of rotatable bonds is 5. The minimum atomic E-state index is -0.872. The molecule has 0 heterocycles. The Balaban J connectivity index is 2.12. The van der Waals surface area contributed by atoms with Crippen molar-refractivity contribution < 1.29 is 9.90 Å². The van der Waals surface area contributed by atoms with Crippen LogP contribution in [0.5, 0.6) is 0 Å². The third-order valence-corrected chi connectivity index (χ3v) is 6.76. The Kier molecular flexibility index (Phi) is 5.44. The molecule has 0 bridgehead atoms. The molecule has 2 aromatic carbocycles. The minimum Gasteiger partial charge on any atom is -0.478 e. The summed E-state index contributed by atoms with van der Waals surface area (Å²) in [5, 5.41) is 9.18. The molecule has 1 aliphatic rings. The normalized spacial score (nSPS) is 18.4. The van der Waals surface area contributed by atoms with Crippen LogP contribution in [0.4, 0.5) is 0 Å². The molecule has 0 aliphatic heterocycles. The smallest absolute Gasteiger partial charge is 0.335 e. The number of fused-ring (bicyclic) bond motifs is 1. The molecule has 0 aromatic heterocycles. The van der Waals surface area contributed by atoms with Crippen molar-refractivity contribution in [2.75, 3.05) is 0 Å². The van der Waals surface area contributed by atoms with Gasteiger partial charge in [-0.2, -0.15) is 0 Å². The van der Waals surface area contributed by atoms with E-state index in [1.54, 1.807) is 12.1 Å². The lowest BCUT2D eigenvalue weighted by Crippen LogP contribution is -2.34. The van der Waals surface area contributed by atoms with E-state index in [1.807, 2.05) is 12.1 Å². The van der Waals surface area contributed by atoms with Crippen LogP contribution in [0.2, 0.25) is 0 Å². The van der Waals surface area contributed by atoms with Gasteiger partial charge >= 0.3 is 5.97 Å². The van der Waals surface area contributed by atoms with E-state index in [-0.39, 0.29) is 16.7 Å². The predicted molar refractivity (Wildman–Crippen MR) is 117 cm³/mol. The van der Waals surface area contributed by atoms with Gasteiger partial charge in [0.15, 0.2) is 0 Å². The van der Waals surface area contributed by atoms with Crippen molar-refractivity contribution in [2.24, 2.45) is 0 Å². The van der Waals surface area contributed by atoms with Crippen molar-refractivity contribution in [1.82, 2.24) is 0 Å². The first-order valence-electron chi connectivity index (χ1n) is 10.6. The zero-order valence-electron chi connectivity index (χ0n) is 18.2. The monoisotopic (exact) mass is 378 g/mol. The number of carboxylic acids is 1. The highest BCUT2D eigenvalue weighted by Gasteiger charge is 2.38. The van der Waals surface area contributed by atoms with Crippen LogP contribution in [0, 0.1) is 0 Å². The van der Waals surface area contributed by atoms with Gasteiger partial charge in [-0.15, -0.1) is 0 Å². The predicted octanol–water partition coefficient (Wildman–Crippen LogP) is 6.84. The van der Waals surface area contributed by atoms with Crippen LogP contribution >= 0.6 is 0 Å². The van der Waals surface area contributed by atoms with Crippen LogP contribution in [0.15, 0.2) is 36.4 Å². The molecule has 2 heteroatoms. The second-order valence-corrected chi connectivity index (χ2v) is 9.76. The topological polar surface area (TPSA) is 37.3 Å². The molecule has 3 rings (SSSR count). The SMILES string of the molecule is CCCc1cc2c(cc1C(C)c1ccc(C(=O)O)cc1)C(C)(C)CCC2(C)C. The molecule has 28 heavy (non-hydrogen) atoms. The van der Waals surface area contributed by atoms with Gasteiger partial charge in [-0.1, -0.05) is 72.2 Å². The molecule has 1 aliphatic carbocycles. The van der Waals surface area contributed by atoms with Crippen LogP contribution < -0.4 is 0 Å². The Morgan fingerprint density at radius 1 is 1.00 bits per heavy atom. The fourth-order valence-corrected chi connectivity index (χ4v) is 4.66. The molecule has 150 valence electrons. The van der Waals surface area contributed by atoms with Crippen LogP contribution in [0.25, 0.3) is 0 Å². The molecule has 1 atom stereocenters. The maximum Gasteiger partial charge on any atom is 0.335 e. The van der Waals surface area contributed by atoms with Crippen LogP contribution in [-0.4, -0.2) is 11.1 Å². The van der Waals surface area contributed by atoms with E-state index in [0.717, 1.165) is 12.8 Å². The highest BCUT2D eigenvalue weighted by molar-refractivity contribution is 5.87. The molecule has 0 saturated carbocycles. The molecule has 0 fully saturated rings. The number of aryl methyl sites for hydroxylation is 1. The Labute approximate surface area is 170 Å². The highest BCUT2D eigenvalue weighted by atomic mass is 16.4. The third-order valence-electron chi connectivity index (χ3n) is 6.76. The van der Waals surface area contributed by atoms with Gasteiger partial charge in [-0.05, 0) is 70.0 Å².